The maximum Gasteiger partial charge on any atom is 0.0640 e. The summed E-state index contributed by atoms with van der Waals surface area (Å²) in [5.74, 6) is 1.67. The molecule has 1 aromatic rings. The summed E-state index contributed by atoms with van der Waals surface area (Å²) >= 11 is 0. The molecule has 0 spiro atoms. The van der Waals surface area contributed by atoms with Crippen molar-refractivity contribution < 1.29 is 0 Å². The average Bonchev–Trinajstić information content (AvgIpc) is 2.76. The van der Waals surface area contributed by atoms with Gasteiger partial charge in [0.05, 0.1) is 5.69 Å². The number of nitrogens with two attached hydrogens (primary N) is 1. The minimum atomic E-state index is 0.294. The van der Waals surface area contributed by atoms with Crippen LogP contribution in [0.3, 0.4) is 0 Å². The van der Waals surface area contributed by atoms with Gasteiger partial charge in [0.15, 0.2) is 0 Å². The van der Waals surface area contributed by atoms with Crippen molar-refractivity contribution in [1.82, 2.24) is 9.78 Å². The van der Waals surface area contributed by atoms with Gasteiger partial charge < -0.3 is 5.73 Å². The molecule has 0 amide bonds. The van der Waals surface area contributed by atoms with Crippen molar-refractivity contribution in [3.8, 4) is 0 Å². The Kier molecular flexibility index (Phi) is 4.81. The fourth-order valence-corrected chi connectivity index (χ4v) is 3.29. The highest BCUT2D eigenvalue weighted by molar-refractivity contribution is 5.02. The Morgan fingerprint density at radius 3 is 2.67 bits per heavy atom. The zero-order chi connectivity index (χ0) is 13.0. The molecule has 0 aliphatic heterocycles. The van der Waals surface area contributed by atoms with Crippen molar-refractivity contribution in [3.63, 3.8) is 0 Å². The first-order chi connectivity index (χ1) is 8.69. The van der Waals surface area contributed by atoms with Crippen molar-refractivity contribution in [2.24, 2.45) is 24.6 Å². The predicted molar refractivity (Wildman–Crippen MR) is 75.2 cm³/mol. The molecule has 3 nitrogen and oxygen atoms in total. The summed E-state index contributed by atoms with van der Waals surface area (Å²) in [5, 5.41) is 4.43. The molecule has 102 valence electrons. The van der Waals surface area contributed by atoms with E-state index in [9.17, 15) is 0 Å². The van der Waals surface area contributed by atoms with Crippen LogP contribution in [0, 0.1) is 11.8 Å². The molecule has 1 atom stereocenters. The van der Waals surface area contributed by atoms with Gasteiger partial charge in [-0.2, -0.15) is 5.10 Å². The van der Waals surface area contributed by atoms with Crippen molar-refractivity contribution in [2.75, 3.05) is 0 Å². The summed E-state index contributed by atoms with van der Waals surface area (Å²) in [6.07, 6.45) is 11.1. The molecule has 0 bridgehead atoms. The second kappa shape index (κ2) is 6.37. The first kappa shape index (κ1) is 13.6. The summed E-state index contributed by atoms with van der Waals surface area (Å²) in [6.45, 7) is 2.29. The smallest absolute Gasteiger partial charge is 0.0640 e. The standard InChI is InChI=1S/C15H27N3/c1-3-4-12-5-7-13(8-6-12)15(16)11-14-9-10-18(2)17-14/h9-10,12-13,15H,3-8,11,16H2,1-2H3. The van der Waals surface area contributed by atoms with E-state index in [0.29, 0.717) is 12.0 Å². The summed E-state index contributed by atoms with van der Waals surface area (Å²) in [5.41, 5.74) is 7.50. The van der Waals surface area contributed by atoms with Crippen LogP contribution >= 0.6 is 0 Å². The van der Waals surface area contributed by atoms with Gasteiger partial charge in [-0.15, -0.1) is 0 Å². The third kappa shape index (κ3) is 3.58. The molecule has 1 heterocycles. The molecule has 1 fully saturated rings. The van der Waals surface area contributed by atoms with Crippen molar-refractivity contribution >= 4 is 0 Å². The van der Waals surface area contributed by atoms with E-state index in [4.69, 9.17) is 5.73 Å². The van der Waals surface area contributed by atoms with E-state index in [1.165, 1.54) is 38.5 Å². The number of hydrogen-bond donors (Lipinski definition) is 1. The molecule has 1 aliphatic rings. The van der Waals surface area contributed by atoms with Gasteiger partial charge in [-0.3, -0.25) is 4.68 Å². The third-order valence-electron chi connectivity index (χ3n) is 4.41. The zero-order valence-electron chi connectivity index (χ0n) is 11.8. The number of nitrogens with zero attached hydrogens (tertiary/aromatic N) is 2. The summed E-state index contributed by atoms with van der Waals surface area (Å²) in [7, 11) is 1.96. The van der Waals surface area contributed by atoms with Crippen LogP contribution in [0.25, 0.3) is 0 Å². The Morgan fingerprint density at radius 1 is 1.39 bits per heavy atom. The first-order valence-electron chi connectivity index (χ1n) is 7.43. The van der Waals surface area contributed by atoms with Gasteiger partial charge in [0.25, 0.3) is 0 Å². The van der Waals surface area contributed by atoms with Crippen molar-refractivity contribution in [1.29, 1.82) is 0 Å². The van der Waals surface area contributed by atoms with Gasteiger partial charge in [0.2, 0.25) is 0 Å². The van der Waals surface area contributed by atoms with Crippen LogP contribution < -0.4 is 5.73 Å². The summed E-state index contributed by atoms with van der Waals surface area (Å²) in [6, 6.07) is 2.38. The highest BCUT2D eigenvalue weighted by Crippen LogP contribution is 2.33. The fourth-order valence-electron chi connectivity index (χ4n) is 3.29. The molecule has 18 heavy (non-hydrogen) atoms. The molecular formula is C15H27N3. The molecule has 1 aromatic heterocycles. The number of aromatic nitrogens is 2. The Balaban J connectivity index is 1.78. The van der Waals surface area contributed by atoms with E-state index >= 15 is 0 Å². The molecule has 3 heteroatoms. The summed E-state index contributed by atoms with van der Waals surface area (Å²) < 4.78 is 1.86. The van der Waals surface area contributed by atoms with E-state index in [1.807, 2.05) is 17.9 Å². The van der Waals surface area contributed by atoms with Gasteiger partial charge in [-0.25, -0.2) is 0 Å². The van der Waals surface area contributed by atoms with E-state index in [1.54, 1.807) is 0 Å². The van der Waals surface area contributed by atoms with Gasteiger partial charge in [0, 0.05) is 25.7 Å². The molecule has 0 aromatic carbocycles. The Morgan fingerprint density at radius 2 is 2.11 bits per heavy atom. The monoisotopic (exact) mass is 249 g/mol. The van der Waals surface area contributed by atoms with E-state index < -0.39 is 0 Å². The van der Waals surface area contributed by atoms with Crippen LogP contribution in [0.2, 0.25) is 0 Å². The average molecular weight is 249 g/mol. The minimum Gasteiger partial charge on any atom is -0.327 e. The van der Waals surface area contributed by atoms with E-state index in [-0.39, 0.29) is 0 Å². The molecule has 2 rings (SSSR count). The first-order valence-corrected chi connectivity index (χ1v) is 7.43. The van der Waals surface area contributed by atoms with Gasteiger partial charge in [-0.05, 0) is 30.7 Å². The Bertz CT molecular complexity index is 350. The van der Waals surface area contributed by atoms with Crippen LogP contribution in [0.1, 0.15) is 51.1 Å². The third-order valence-corrected chi connectivity index (χ3v) is 4.41. The summed E-state index contributed by atoms with van der Waals surface area (Å²) in [4.78, 5) is 0. The van der Waals surface area contributed by atoms with Crippen molar-refractivity contribution in [3.05, 3.63) is 18.0 Å². The lowest BCUT2D eigenvalue weighted by Gasteiger charge is -2.31. The highest BCUT2D eigenvalue weighted by Gasteiger charge is 2.25. The molecule has 1 aliphatic carbocycles. The van der Waals surface area contributed by atoms with Crippen LogP contribution in [0.5, 0.6) is 0 Å². The molecular weight excluding hydrogens is 222 g/mol. The second-order valence-electron chi connectivity index (χ2n) is 5.92. The predicted octanol–water partition coefficient (Wildman–Crippen LogP) is 2.90. The van der Waals surface area contributed by atoms with Gasteiger partial charge in [-0.1, -0.05) is 32.6 Å². The Labute approximate surface area is 111 Å². The Hall–Kier alpha value is -0.830. The number of rotatable bonds is 5. The fraction of sp³-hybridized carbons (Fsp3) is 0.800. The molecule has 1 unspecified atom stereocenters. The quantitative estimate of drug-likeness (QED) is 0.872. The molecule has 0 radical (unpaired) electrons. The number of aryl methyl sites for hydroxylation is 1. The lowest BCUT2D eigenvalue weighted by molar-refractivity contribution is 0.232. The van der Waals surface area contributed by atoms with E-state index in [2.05, 4.69) is 18.1 Å². The topological polar surface area (TPSA) is 43.8 Å². The van der Waals surface area contributed by atoms with Crippen LogP contribution in [-0.4, -0.2) is 15.8 Å². The van der Waals surface area contributed by atoms with Gasteiger partial charge >= 0.3 is 0 Å². The normalized spacial score (nSPS) is 26.2. The largest absolute Gasteiger partial charge is 0.327 e. The zero-order valence-corrected chi connectivity index (χ0v) is 11.8. The maximum absolute atomic E-state index is 6.36. The van der Waals surface area contributed by atoms with Crippen LogP contribution in [0.15, 0.2) is 12.3 Å². The number of hydrogen-bond acceptors (Lipinski definition) is 2. The minimum absolute atomic E-state index is 0.294. The molecule has 1 saturated carbocycles. The van der Waals surface area contributed by atoms with Crippen LogP contribution in [-0.2, 0) is 13.5 Å². The lowest BCUT2D eigenvalue weighted by Crippen LogP contribution is -2.35. The molecule has 0 saturated heterocycles. The maximum atomic E-state index is 6.36. The van der Waals surface area contributed by atoms with Crippen molar-refractivity contribution in [2.45, 2.75) is 57.9 Å². The highest BCUT2D eigenvalue weighted by atomic mass is 15.2. The SMILES string of the molecule is CCCC1CCC(C(N)Cc2ccn(C)n2)CC1. The van der Waals surface area contributed by atoms with Crippen LogP contribution in [0.4, 0.5) is 0 Å². The second-order valence-corrected chi connectivity index (χ2v) is 5.92. The van der Waals surface area contributed by atoms with E-state index in [0.717, 1.165) is 18.0 Å². The lowest BCUT2D eigenvalue weighted by atomic mass is 9.76. The van der Waals surface area contributed by atoms with Gasteiger partial charge in [0.1, 0.15) is 0 Å². The molecule has 2 N–H and O–H groups in total.